The Balaban J connectivity index is 1.78. The van der Waals surface area contributed by atoms with Crippen LogP contribution in [0.5, 0.6) is 5.75 Å². The van der Waals surface area contributed by atoms with Crippen LogP contribution in [0.3, 0.4) is 0 Å². The summed E-state index contributed by atoms with van der Waals surface area (Å²) in [5, 5.41) is 11.5. The fourth-order valence-electron chi connectivity index (χ4n) is 1.81. The van der Waals surface area contributed by atoms with Crippen LogP contribution in [0.25, 0.3) is 0 Å². The van der Waals surface area contributed by atoms with E-state index in [0.717, 1.165) is 23.6 Å². The van der Waals surface area contributed by atoms with Crippen LogP contribution < -0.4 is 10.1 Å². The monoisotopic (exact) mass is 274 g/mol. The van der Waals surface area contributed by atoms with E-state index in [1.165, 1.54) is 0 Å². The van der Waals surface area contributed by atoms with Gasteiger partial charge in [-0.3, -0.25) is 0 Å². The fraction of sp³-hybridized carbons (Fsp3) is 0.467. The summed E-state index contributed by atoms with van der Waals surface area (Å²) in [4.78, 5) is 0. The van der Waals surface area contributed by atoms with Crippen LogP contribution in [0.1, 0.15) is 25.1 Å². The van der Waals surface area contributed by atoms with Crippen LogP contribution in [-0.2, 0) is 13.1 Å². The van der Waals surface area contributed by atoms with Crippen molar-refractivity contribution < 1.29 is 4.74 Å². The van der Waals surface area contributed by atoms with Gasteiger partial charge in [0.25, 0.3) is 0 Å². The van der Waals surface area contributed by atoms with E-state index in [2.05, 4.69) is 29.5 Å². The smallest absolute Gasteiger partial charge is 0.122 e. The third-order valence-electron chi connectivity index (χ3n) is 2.95. The topological polar surface area (TPSA) is 52.0 Å². The molecule has 5 nitrogen and oxygen atoms in total. The standard InChI is InChI=1S/C15H22N4O/c1-12(2)16-10-14-11-19(18-17-14)8-9-20-15-7-5-4-6-13(15)3/h4-7,11-12,16H,8-10H2,1-3H3. The van der Waals surface area contributed by atoms with Crippen molar-refractivity contribution in [1.82, 2.24) is 20.3 Å². The molecule has 0 saturated heterocycles. The first kappa shape index (κ1) is 14.5. The molecule has 5 heteroatoms. The van der Waals surface area contributed by atoms with Crippen molar-refractivity contribution in [2.45, 2.75) is 39.9 Å². The van der Waals surface area contributed by atoms with Gasteiger partial charge in [0, 0.05) is 18.8 Å². The minimum atomic E-state index is 0.449. The zero-order chi connectivity index (χ0) is 14.4. The van der Waals surface area contributed by atoms with Crippen molar-refractivity contribution in [3.05, 3.63) is 41.7 Å². The van der Waals surface area contributed by atoms with Crippen molar-refractivity contribution in [3.8, 4) is 5.75 Å². The van der Waals surface area contributed by atoms with Crippen LogP contribution in [0.15, 0.2) is 30.5 Å². The predicted octanol–water partition coefficient (Wildman–Crippen LogP) is 2.16. The van der Waals surface area contributed by atoms with Gasteiger partial charge in [-0.25, -0.2) is 4.68 Å². The van der Waals surface area contributed by atoms with Crippen molar-refractivity contribution in [1.29, 1.82) is 0 Å². The molecule has 0 amide bonds. The lowest BCUT2D eigenvalue weighted by atomic mass is 10.2. The van der Waals surface area contributed by atoms with Gasteiger partial charge in [0.15, 0.2) is 0 Å². The van der Waals surface area contributed by atoms with E-state index in [-0.39, 0.29) is 0 Å². The average Bonchev–Trinajstić information content (AvgIpc) is 2.87. The minimum Gasteiger partial charge on any atom is -0.491 e. The molecule has 1 N–H and O–H groups in total. The summed E-state index contributed by atoms with van der Waals surface area (Å²) < 4.78 is 7.56. The molecule has 0 atom stereocenters. The van der Waals surface area contributed by atoms with E-state index in [4.69, 9.17) is 4.74 Å². The molecular weight excluding hydrogens is 252 g/mol. The molecule has 0 saturated carbocycles. The largest absolute Gasteiger partial charge is 0.491 e. The maximum atomic E-state index is 5.74. The molecule has 1 heterocycles. The molecule has 1 aromatic heterocycles. The van der Waals surface area contributed by atoms with Gasteiger partial charge in [-0.1, -0.05) is 37.3 Å². The number of hydrogen-bond acceptors (Lipinski definition) is 4. The highest BCUT2D eigenvalue weighted by atomic mass is 16.5. The van der Waals surface area contributed by atoms with Crippen molar-refractivity contribution in [2.75, 3.05) is 6.61 Å². The van der Waals surface area contributed by atoms with E-state index in [1.54, 1.807) is 0 Å². The molecule has 0 bridgehead atoms. The highest BCUT2D eigenvalue weighted by Crippen LogP contribution is 2.15. The van der Waals surface area contributed by atoms with Crippen LogP contribution in [-0.4, -0.2) is 27.6 Å². The SMILES string of the molecule is Cc1ccccc1OCCn1cc(CNC(C)C)nn1. The lowest BCUT2D eigenvalue weighted by molar-refractivity contribution is 0.288. The van der Waals surface area contributed by atoms with Gasteiger partial charge in [-0.15, -0.1) is 5.10 Å². The van der Waals surface area contributed by atoms with Gasteiger partial charge in [-0.2, -0.15) is 0 Å². The summed E-state index contributed by atoms with van der Waals surface area (Å²) in [5.74, 6) is 0.925. The molecule has 0 radical (unpaired) electrons. The Hall–Kier alpha value is -1.88. The Morgan fingerprint density at radius 2 is 2.10 bits per heavy atom. The van der Waals surface area contributed by atoms with Gasteiger partial charge in [0.05, 0.1) is 12.2 Å². The summed E-state index contributed by atoms with van der Waals surface area (Å²) in [6, 6.07) is 8.46. The number of nitrogens with one attached hydrogen (secondary N) is 1. The predicted molar refractivity (Wildman–Crippen MR) is 78.7 cm³/mol. The van der Waals surface area contributed by atoms with Crippen molar-refractivity contribution in [2.24, 2.45) is 0 Å². The molecule has 0 fully saturated rings. The van der Waals surface area contributed by atoms with Gasteiger partial charge in [-0.05, 0) is 18.6 Å². The maximum absolute atomic E-state index is 5.74. The van der Waals surface area contributed by atoms with Gasteiger partial charge >= 0.3 is 0 Å². The second kappa shape index (κ2) is 7.05. The molecule has 0 aliphatic rings. The van der Waals surface area contributed by atoms with Crippen molar-refractivity contribution >= 4 is 0 Å². The Bertz CT molecular complexity index is 536. The quantitative estimate of drug-likeness (QED) is 0.840. The summed E-state index contributed by atoms with van der Waals surface area (Å²) in [6.07, 6.45) is 1.95. The molecule has 1 aromatic carbocycles. The fourth-order valence-corrected chi connectivity index (χ4v) is 1.81. The van der Waals surface area contributed by atoms with Crippen LogP contribution in [0.4, 0.5) is 0 Å². The second-order valence-electron chi connectivity index (χ2n) is 5.12. The number of benzene rings is 1. The molecule has 2 aromatic rings. The molecule has 108 valence electrons. The van der Waals surface area contributed by atoms with E-state index in [0.29, 0.717) is 19.2 Å². The molecule has 20 heavy (non-hydrogen) atoms. The van der Waals surface area contributed by atoms with Gasteiger partial charge in [0.1, 0.15) is 12.4 Å². The minimum absolute atomic E-state index is 0.449. The molecular formula is C15H22N4O. The Morgan fingerprint density at radius 3 is 2.85 bits per heavy atom. The summed E-state index contributed by atoms with van der Waals surface area (Å²) >= 11 is 0. The van der Waals surface area contributed by atoms with Gasteiger partial charge in [0.2, 0.25) is 0 Å². The number of para-hydroxylation sites is 1. The first-order valence-corrected chi connectivity index (χ1v) is 6.96. The van der Waals surface area contributed by atoms with E-state index in [9.17, 15) is 0 Å². The maximum Gasteiger partial charge on any atom is 0.122 e. The third-order valence-corrected chi connectivity index (χ3v) is 2.95. The highest BCUT2D eigenvalue weighted by Gasteiger charge is 2.02. The number of rotatable bonds is 7. The number of nitrogens with zero attached hydrogens (tertiary/aromatic N) is 3. The van der Waals surface area contributed by atoms with Crippen molar-refractivity contribution in [3.63, 3.8) is 0 Å². The summed E-state index contributed by atoms with van der Waals surface area (Å²) in [5.41, 5.74) is 2.10. The zero-order valence-electron chi connectivity index (χ0n) is 12.3. The summed E-state index contributed by atoms with van der Waals surface area (Å²) in [7, 11) is 0. The Morgan fingerprint density at radius 1 is 1.30 bits per heavy atom. The van der Waals surface area contributed by atoms with E-state index in [1.807, 2.05) is 42.1 Å². The lowest BCUT2D eigenvalue weighted by Crippen LogP contribution is -2.21. The second-order valence-corrected chi connectivity index (χ2v) is 5.12. The van der Waals surface area contributed by atoms with E-state index >= 15 is 0 Å². The molecule has 0 aliphatic carbocycles. The molecule has 0 unspecified atom stereocenters. The first-order valence-electron chi connectivity index (χ1n) is 6.96. The Kier molecular flexibility index (Phi) is 5.12. The lowest BCUT2D eigenvalue weighted by Gasteiger charge is -2.08. The third kappa shape index (κ3) is 4.35. The Labute approximate surface area is 120 Å². The summed E-state index contributed by atoms with van der Waals surface area (Å²) in [6.45, 7) is 8.30. The van der Waals surface area contributed by atoms with Crippen LogP contribution in [0.2, 0.25) is 0 Å². The normalized spacial score (nSPS) is 11.0. The number of aromatic nitrogens is 3. The van der Waals surface area contributed by atoms with Gasteiger partial charge < -0.3 is 10.1 Å². The van der Waals surface area contributed by atoms with Crippen LogP contribution >= 0.6 is 0 Å². The van der Waals surface area contributed by atoms with Crippen LogP contribution in [0, 0.1) is 6.92 Å². The molecule has 0 aliphatic heterocycles. The zero-order valence-corrected chi connectivity index (χ0v) is 12.3. The number of ether oxygens (including phenoxy) is 1. The number of hydrogen-bond donors (Lipinski definition) is 1. The molecule has 0 spiro atoms. The average molecular weight is 274 g/mol. The first-order chi connectivity index (χ1) is 9.65. The highest BCUT2D eigenvalue weighted by molar-refractivity contribution is 5.31. The number of aryl methyl sites for hydroxylation is 1. The molecule has 2 rings (SSSR count). The van der Waals surface area contributed by atoms with E-state index < -0.39 is 0 Å².